The SMILES string of the molecule is CCNC(=NCc1ccc2c(c1)OCO2)NCCN(C(C)C)C1CC1. The number of nitrogens with zero attached hydrogens (tertiary/aromatic N) is 2. The Kier molecular flexibility index (Phi) is 6.02. The zero-order valence-corrected chi connectivity index (χ0v) is 15.5. The van der Waals surface area contributed by atoms with Gasteiger partial charge in [0.25, 0.3) is 0 Å². The third-order valence-corrected chi connectivity index (χ3v) is 4.54. The monoisotopic (exact) mass is 346 g/mol. The van der Waals surface area contributed by atoms with Crippen LogP contribution in [-0.2, 0) is 6.54 Å². The molecule has 0 amide bonds. The largest absolute Gasteiger partial charge is 0.454 e. The van der Waals surface area contributed by atoms with Gasteiger partial charge in [-0.2, -0.15) is 0 Å². The maximum Gasteiger partial charge on any atom is 0.231 e. The van der Waals surface area contributed by atoms with Crippen molar-refractivity contribution >= 4 is 5.96 Å². The Labute approximate surface area is 150 Å². The molecule has 0 atom stereocenters. The Balaban J connectivity index is 1.52. The normalized spacial score (nSPS) is 16.6. The van der Waals surface area contributed by atoms with Crippen LogP contribution in [0.4, 0.5) is 0 Å². The van der Waals surface area contributed by atoms with E-state index in [1.807, 2.05) is 18.2 Å². The van der Waals surface area contributed by atoms with Gasteiger partial charge in [0, 0.05) is 31.7 Å². The first-order valence-corrected chi connectivity index (χ1v) is 9.34. The number of nitrogens with one attached hydrogen (secondary N) is 2. The van der Waals surface area contributed by atoms with Crippen molar-refractivity contribution in [2.75, 3.05) is 26.4 Å². The predicted octanol–water partition coefficient (Wildman–Crippen LogP) is 2.34. The van der Waals surface area contributed by atoms with Crippen LogP contribution in [0.3, 0.4) is 0 Å². The Morgan fingerprint density at radius 3 is 2.76 bits per heavy atom. The van der Waals surface area contributed by atoms with Crippen molar-refractivity contribution in [3.8, 4) is 11.5 Å². The summed E-state index contributed by atoms with van der Waals surface area (Å²) >= 11 is 0. The summed E-state index contributed by atoms with van der Waals surface area (Å²) in [6, 6.07) is 7.37. The number of hydrogen-bond acceptors (Lipinski definition) is 4. The maximum absolute atomic E-state index is 5.43. The molecule has 0 bridgehead atoms. The molecule has 6 heteroatoms. The number of guanidine groups is 1. The van der Waals surface area contributed by atoms with Crippen LogP contribution in [0.2, 0.25) is 0 Å². The highest BCUT2D eigenvalue weighted by atomic mass is 16.7. The number of rotatable bonds is 8. The molecule has 0 saturated heterocycles. The summed E-state index contributed by atoms with van der Waals surface area (Å²) in [6.45, 7) is 10.4. The molecular weight excluding hydrogens is 316 g/mol. The van der Waals surface area contributed by atoms with Crippen LogP contribution in [0.5, 0.6) is 11.5 Å². The molecule has 1 fully saturated rings. The second-order valence-electron chi connectivity index (χ2n) is 6.87. The summed E-state index contributed by atoms with van der Waals surface area (Å²) in [5, 5.41) is 6.77. The molecule has 1 saturated carbocycles. The van der Waals surface area contributed by atoms with Gasteiger partial charge in [0.1, 0.15) is 0 Å². The first-order valence-electron chi connectivity index (χ1n) is 9.34. The molecule has 138 valence electrons. The third-order valence-electron chi connectivity index (χ3n) is 4.54. The van der Waals surface area contributed by atoms with E-state index < -0.39 is 0 Å². The Hall–Kier alpha value is -1.95. The van der Waals surface area contributed by atoms with Crippen LogP contribution in [0, 0.1) is 0 Å². The highest BCUT2D eigenvalue weighted by Gasteiger charge is 2.30. The lowest BCUT2D eigenvalue weighted by atomic mass is 10.2. The minimum Gasteiger partial charge on any atom is -0.454 e. The highest BCUT2D eigenvalue weighted by molar-refractivity contribution is 5.79. The van der Waals surface area contributed by atoms with Crippen LogP contribution in [-0.4, -0.2) is 49.4 Å². The van der Waals surface area contributed by atoms with Crippen molar-refractivity contribution in [2.24, 2.45) is 4.99 Å². The molecule has 1 aliphatic carbocycles. The van der Waals surface area contributed by atoms with Crippen molar-refractivity contribution in [3.63, 3.8) is 0 Å². The van der Waals surface area contributed by atoms with Gasteiger partial charge in [-0.15, -0.1) is 0 Å². The lowest BCUT2D eigenvalue weighted by molar-refractivity contribution is 0.174. The lowest BCUT2D eigenvalue weighted by Gasteiger charge is -2.26. The molecule has 2 N–H and O–H groups in total. The Morgan fingerprint density at radius 1 is 1.24 bits per heavy atom. The van der Waals surface area contributed by atoms with E-state index in [0.717, 1.165) is 48.7 Å². The third kappa shape index (κ3) is 5.01. The van der Waals surface area contributed by atoms with Crippen LogP contribution in [0.1, 0.15) is 39.2 Å². The van der Waals surface area contributed by atoms with E-state index in [2.05, 4.69) is 36.3 Å². The summed E-state index contributed by atoms with van der Waals surface area (Å²) in [4.78, 5) is 7.27. The molecular formula is C19H30N4O2. The summed E-state index contributed by atoms with van der Waals surface area (Å²) in [5.41, 5.74) is 1.11. The molecule has 1 aromatic rings. The fourth-order valence-electron chi connectivity index (χ4n) is 3.12. The van der Waals surface area contributed by atoms with Crippen LogP contribution in [0.15, 0.2) is 23.2 Å². The van der Waals surface area contributed by atoms with E-state index in [-0.39, 0.29) is 0 Å². The molecule has 3 rings (SSSR count). The van der Waals surface area contributed by atoms with Gasteiger partial charge >= 0.3 is 0 Å². The average Bonchev–Trinajstić information content (AvgIpc) is 3.32. The minimum absolute atomic E-state index is 0.305. The molecule has 1 aliphatic heterocycles. The standard InChI is InChI=1S/C19H30N4O2/c1-4-20-19(21-9-10-23(14(2)3)16-6-7-16)22-12-15-5-8-17-18(11-15)25-13-24-17/h5,8,11,14,16H,4,6-7,9-10,12-13H2,1-3H3,(H2,20,21,22). The minimum atomic E-state index is 0.305. The fourth-order valence-corrected chi connectivity index (χ4v) is 3.12. The summed E-state index contributed by atoms with van der Waals surface area (Å²) in [6.07, 6.45) is 2.69. The van der Waals surface area contributed by atoms with Gasteiger partial charge in [0.05, 0.1) is 6.54 Å². The number of benzene rings is 1. The van der Waals surface area contributed by atoms with Gasteiger partial charge < -0.3 is 20.1 Å². The van der Waals surface area contributed by atoms with Crippen molar-refractivity contribution in [1.29, 1.82) is 0 Å². The van der Waals surface area contributed by atoms with E-state index >= 15 is 0 Å². The molecule has 2 aliphatic rings. The van der Waals surface area contributed by atoms with Crippen LogP contribution < -0.4 is 20.1 Å². The second-order valence-corrected chi connectivity index (χ2v) is 6.87. The van der Waals surface area contributed by atoms with E-state index in [1.54, 1.807) is 0 Å². The average molecular weight is 346 g/mol. The van der Waals surface area contributed by atoms with E-state index in [4.69, 9.17) is 14.5 Å². The number of fused-ring (bicyclic) bond motifs is 1. The molecule has 1 aromatic carbocycles. The summed E-state index contributed by atoms with van der Waals surface area (Å²) in [7, 11) is 0. The molecule has 1 heterocycles. The molecule has 0 spiro atoms. The van der Waals surface area contributed by atoms with Gasteiger partial charge in [-0.3, -0.25) is 4.90 Å². The molecule has 0 unspecified atom stereocenters. The zero-order chi connectivity index (χ0) is 17.6. The first-order chi connectivity index (χ1) is 12.2. The van der Waals surface area contributed by atoms with Crippen molar-refractivity contribution in [2.45, 2.75) is 52.2 Å². The van der Waals surface area contributed by atoms with Gasteiger partial charge in [-0.25, -0.2) is 4.99 Å². The van der Waals surface area contributed by atoms with Crippen molar-refractivity contribution < 1.29 is 9.47 Å². The number of hydrogen-bond donors (Lipinski definition) is 2. The number of aliphatic imine (C=N–C) groups is 1. The quantitative estimate of drug-likeness (QED) is 0.559. The Morgan fingerprint density at radius 2 is 2.04 bits per heavy atom. The first kappa shape index (κ1) is 17.9. The topological polar surface area (TPSA) is 58.1 Å². The lowest BCUT2D eigenvalue weighted by Crippen LogP contribution is -2.43. The molecule has 25 heavy (non-hydrogen) atoms. The van der Waals surface area contributed by atoms with E-state index in [0.29, 0.717) is 19.4 Å². The van der Waals surface area contributed by atoms with Crippen LogP contribution >= 0.6 is 0 Å². The predicted molar refractivity (Wildman–Crippen MR) is 100 cm³/mol. The summed E-state index contributed by atoms with van der Waals surface area (Å²) < 4.78 is 10.8. The fraction of sp³-hybridized carbons (Fsp3) is 0.632. The second kappa shape index (κ2) is 8.43. The van der Waals surface area contributed by atoms with Crippen molar-refractivity contribution in [1.82, 2.24) is 15.5 Å². The Bertz CT molecular complexity index is 597. The molecule has 0 aromatic heterocycles. The van der Waals surface area contributed by atoms with Gasteiger partial charge in [-0.1, -0.05) is 6.07 Å². The zero-order valence-electron chi connectivity index (χ0n) is 15.5. The maximum atomic E-state index is 5.43. The molecule has 6 nitrogen and oxygen atoms in total. The van der Waals surface area contributed by atoms with Gasteiger partial charge in [-0.05, 0) is 51.3 Å². The summed E-state index contributed by atoms with van der Waals surface area (Å²) in [5.74, 6) is 2.48. The van der Waals surface area contributed by atoms with Gasteiger partial charge in [0.15, 0.2) is 17.5 Å². The van der Waals surface area contributed by atoms with Gasteiger partial charge in [0.2, 0.25) is 6.79 Å². The molecule has 0 radical (unpaired) electrons. The highest BCUT2D eigenvalue weighted by Crippen LogP contribution is 2.32. The smallest absolute Gasteiger partial charge is 0.231 e. The van der Waals surface area contributed by atoms with Crippen LogP contribution in [0.25, 0.3) is 0 Å². The van der Waals surface area contributed by atoms with Crippen molar-refractivity contribution in [3.05, 3.63) is 23.8 Å². The number of ether oxygens (including phenoxy) is 2. The van der Waals surface area contributed by atoms with E-state index in [1.165, 1.54) is 12.8 Å². The van der Waals surface area contributed by atoms with E-state index in [9.17, 15) is 0 Å².